The van der Waals surface area contributed by atoms with Crippen molar-refractivity contribution in [3.63, 3.8) is 0 Å². The van der Waals surface area contributed by atoms with E-state index in [9.17, 15) is 9.90 Å². The third-order valence-electron chi connectivity index (χ3n) is 2.86. The minimum absolute atomic E-state index is 0.0515. The summed E-state index contributed by atoms with van der Waals surface area (Å²) >= 11 is 0. The lowest BCUT2D eigenvalue weighted by Gasteiger charge is -2.06. The fourth-order valence-corrected chi connectivity index (χ4v) is 1.74. The Morgan fingerprint density at radius 3 is 2.26 bits per heavy atom. The zero-order valence-corrected chi connectivity index (χ0v) is 10.8. The fourth-order valence-electron chi connectivity index (χ4n) is 1.74. The maximum atomic E-state index is 11.1. The molecular formula is C16H16O3. The van der Waals surface area contributed by atoms with E-state index in [1.54, 1.807) is 43.3 Å². The predicted molar refractivity (Wildman–Crippen MR) is 73.8 cm³/mol. The summed E-state index contributed by atoms with van der Waals surface area (Å²) in [6.07, 6.45) is 0.773. The fraction of sp³-hybridized carbons (Fsp3) is 0.188. The molecule has 0 radical (unpaired) electrons. The zero-order valence-electron chi connectivity index (χ0n) is 10.8. The van der Waals surface area contributed by atoms with Gasteiger partial charge in [0, 0.05) is 12.0 Å². The molecule has 0 heterocycles. The molecule has 0 atom stereocenters. The van der Waals surface area contributed by atoms with E-state index in [0.717, 1.165) is 17.7 Å². The highest BCUT2D eigenvalue weighted by Gasteiger charge is 2.00. The van der Waals surface area contributed by atoms with Gasteiger partial charge in [-0.25, -0.2) is 0 Å². The molecule has 2 aromatic rings. The molecule has 0 saturated heterocycles. The van der Waals surface area contributed by atoms with E-state index in [1.807, 2.05) is 12.1 Å². The average molecular weight is 256 g/mol. The number of phenols is 1. The molecule has 0 aromatic heterocycles. The summed E-state index contributed by atoms with van der Waals surface area (Å²) in [6.45, 7) is 2.10. The van der Waals surface area contributed by atoms with E-state index in [2.05, 4.69) is 0 Å². The molecule has 3 heteroatoms. The van der Waals surface area contributed by atoms with Crippen LogP contribution in [0, 0.1) is 0 Å². The maximum absolute atomic E-state index is 11.1. The smallest absolute Gasteiger partial charge is 0.159 e. The Bertz CT molecular complexity index is 541. The molecule has 1 N–H and O–H groups in total. The number of phenolic OH excluding ortho intramolecular Hbond substituents is 1. The molecule has 0 amide bonds. The van der Waals surface area contributed by atoms with Crippen molar-refractivity contribution in [1.82, 2.24) is 0 Å². The van der Waals surface area contributed by atoms with Gasteiger partial charge in [0.1, 0.15) is 11.5 Å². The lowest BCUT2D eigenvalue weighted by Crippen LogP contribution is -2.01. The first-order valence-corrected chi connectivity index (χ1v) is 6.17. The number of Topliss-reactive ketones (excluding diaryl/α,β-unsaturated/α-hetero) is 1. The Balaban J connectivity index is 1.85. The minimum atomic E-state index is 0.0515. The summed E-state index contributed by atoms with van der Waals surface area (Å²) in [6, 6.07) is 14.2. The quantitative estimate of drug-likeness (QED) is 0.835. The van der Waals surface area contributed by atoms with E-state index in [4.69, 9.17) is 4.74 Å². The molecule has 0 bridgehead atoms. The molecule has 19 heavy (non-hydrogen) atoms. The topological polar surface area (TPSA) is 46.5 Å². The number of ketones is 1. The van der Waals surface area contributed by atoms with Crippen molar-refractivity contribution in [2.45, 2.75) is 13.3 Å². The normalized spacial score (nSPS) is 10.2. The second kappa shape index (κ2) is 6.05. The number of carbonyl (C=O) groups excluding carboxylic acids is 1. The van der Waals surface area contributed by atoms with Gasteiger partial charge in [0.15, 0.2) is 5.78 Å². The largest absolute Gasteiger partial charge is 0.508 e. The Kier molecular flexibility index (Phi) is 4.18. The summed E-state index contributed by atoms with van der Waals surface area (Å²) in [4.78, 5) is 11.1. The predicted octanol–water partition coefficient (Wildman–Crippen LogP) is 3.22. The summed E-state index contributed by atoms with van der Waals surface area (Å²) in [5.74, 6) is 1.07. The van der Waals surface area contributed by atoms with Gasteiger partial charge in [-0.05, 0) is 48.9 Å². The van der Waals surface area contributed by atoms with Crippen molar-refractivity contribution in [1.29, 1.82) is 0 Å². The van der Waals surface area contributed by atoms with Crippen LogP contribution in [0.3, 0.4) is 0 Å². The number of carbonyl (C=O) groups is 1. The molecule has 2 rings (SSSR count). The summed E-state index contributed by atoms with van der Waals surface area (Å²) in [5.41, 5.74) is 1.80. The molecule has 0 aliphatic carbocycles. The monoisotopic (exact) mass is 256 g/mol. The second-order valence-electron chi connectivity index (χ2n) is 4.35. The van der Waals surface area contributed by atoms with Gasteiger partial charge >= 0.3 is 0 Å². The van der Waals surface area contributed by atoms with E-state index in [-0.39, 0.29) is 11.5 Å². The third kappa shape index (κ3) is 3.85. The van der Waals surface area contributed by atoms with Gasteiger partial charge in [-0.15, -0.1) is 0 Å². The Morgan fingerprint density at radius 2 is 1.68 bits per heavy atom. The van der Waals surface area contributed by atoms with Crippen LogP contribution in [0.2, 0.25) is 0 Å². The molecule has 0 fully saturated rings. The number of ether oxygens (including phenoxy) is 1. The summed E-state index contributed by atoms with van der Waals surface area (Å²) in [7, 11) is 0. The van der Waals surface area contributed by atoms with Crippen LogP contribution >= 0.6 is 0 Å². The van der Waals surface area contributed by atoms with Gasteiger partial charge in [0.2, 0.25) is 0 Å². The van der Waals surface area contributed by atoms with Gasteiger partial charge in [-0.3, -0.25) is 4.79 Å². The lowest BCUT2D eigenvalue weighted by molar-refractivity contribution is 0.101. The Labute approximate surface area is 112 Å². The standard InChI is InChI=1S/C16H16O3/c1-12(17)14-4-8-16(9-5-14)19-11-10-13-2-6-15(18)7-3-13/h2-9,18H,10-11H2,1H3. The third-order valence-corrected chi connectivity index (χ3v) is 2.86. The lowest BCUT2D eigenvalue weighted by atomic mass is 10.1. The Morgan fingerprint density at radius 1 is 1.05 bits per heavy atom. The van der Waals surface area contributed by atoms with Crippen LogP contribution < -0.4 is 4.74 Å². The van der Waals surface area contributed by atoms with Crippen molar-refractivity contribution in [2.75, 3.05) is 6.61 Å². The van der Waals surface area contributed by atoms with Crippen molar-refractivity contribution in [2.24, 2.45) is 0 Å². The van der Waals surface area contributed by atoms with Crippen molar-refractivity contribution < 1.29 is 14.6 Å². The molecule has 0 aliphatic heterocycles. The highest BCUT2D eigenvalue weighted by Crippen LogP contribution is 2.14. The van der Waals surface area contributed by atoms with Crippen LogP contribution in [-0.2, 0) is 6.42 Å². The van der Waals surface area contributed by atoms with Crippen molar-refractivity contribution in [3.05, 3.63) is 59.7 Å². The number of hydrogen-bond acceptors (Lipinski definition) is 3. The van der Waals surface area contributed by atoms with Gasteiger partial charge in [0.25, 0.3) is 0 Å². The highest BCUT2D eigenvalue weighted by molar-refractivity contribution is 5.94. The van der Waals surface area contributed by atoms with Crippen LogP contribution in [-0.4, -0.2) is 17.5 Å². The SMILES string of the molecule is CC(=O)c1ccc(OCCc2ccc(O)cc2)cc1. The van der Waals surface area contributed by atoms with Gasteiger partial charge in [0.05, 0.1) is 6.61 Å². The van der Waals surface area contributed by atoms with E-state index >= 15 is 0 Å². The maximum Gasteiger partial charge on any atom is 0.159 e. The number of rotatable bonds is 5. The molecule has 0 saturated carbocycles. The number of hydrogen-bond donors (Lipinski definition) is 1. The minimum Gasteiger partial charge on any atom is -0.508 e. The highest BCUT2D eigenvalue weighted by atomic mass is 16.5. The Hall–Kier alpha value is -2.29. The first-order chi connectivity index (χ1) is 9.15. The van der Waals surface area contributed by atoms with E-state index < -0.39 is 0 Å². The van der Waals surface area contributed by atoms with Crippen LogP contribution in [0.1, 0.15) is 22.8 Å². The van der Waals surface area contributed by atoms with Crippen molar-refractivity contribution in [3.8, 4) is 11.5 Å². The first-order valence-electron chi connectivity index (χ1n) is 6.17. The van der Waals surface area contributed by atoms with Crippen LogP contribution in [0.25, 0.3) is 0 Å². The zero-order chi connectivity index (χ0) is 13.7. The first kappa shape index (κ1) is 13.1. The second-order valence-corrected chi connectivity index (χ2v) is 4.35. The van der Waals surface area contributed by atoms with Crippen LogP contribution in [0.5, 0.6) is 11.5 Å². The molecular weight excluding hydrogens is 240 g/mol. The average Bonchev–Trinajstić information content (AvgIpc) is 2.41. The number of aromatic hydroxyl groups is 1. The van der Waals surface area contributed by atoms with Gasteiger partial charge in [-0.2, -0.15) is 0 Å². The summed E-state index contributed by atoms with van der Waals surface area (Å²) in [5, 5.41) is 9.17. The molecule has 2 aromatic carbocycles. The number of benzene rings is 2. The van der Waals surface area contributed by atoms with E-state index in [1.165, 1.54) is 0 Å². The summed E-state index contributed by atoms with van der Waals surface area (Å²) < 4.78 is 5.60. The van der Waals surface area contributed by atoms with Gasteiger partial charge in [-0.1, -0.05) is 12.1 Å². The molecule has 0 aliphatic rings. The van der Waals surface area contributed by atoms with Gasteiger partial charge < -0.3 is 9.84 Å². The molecule has 98 valence electrons. The molecule has 0 spiro atoms. The molecule has 0 unspecified atom stereocenters. The van der Waals surface area contributed by atoms with Crippen molar-refractivity contribution >= 4 is 5.78 Å². The molecule has 3 nitrogen and oxygen atoms in total. The van der Waals surface area contributed by atoms with Crippen LogP contribution in [0.15, 0.2) is 48.5 Å². The van der Waals surface area contributed by atoms with Crippen LogP contribution in [0.4, 0.5) is 0 Å². The van der Waals surface area contributed by atoms with E-state index in [0.29, 0.717) is 12.2 Å².